The third-order valence-electron chi connectivity index (χ3n) is 4.21. The van der Waals surface area contributed by atoms with E-state index in [1.165, 1.54) is 32.1 Å². The zero-order valence-electron chi connectivity index (χ0n) is 15.3. The number of ether oxygens (including phenoxy) is 2. The number of unbranched alkanes of at least 4 members (excludes halogenated alkanes) is 5. The predicted octanol–water partition coefficient (Wildman–Crippen LogP) is 5.40. The lowest BCUT2D eigenvalue weighted by molar-refractivity contribution is -0.139. The molecular formula is C20H32O4. The van der Waals surface area contributed by atoms with Gasteiger partial charge in [0.05, 0.1) is 6.61 Å². The molecule has 1 aromatic rings. The zero-order valence-corrected chi connectivity index (χ0v) is 15.3. The minimum Gasteiger partial charge on any atom is -0.493 e. The summed E-state index contributed by atoms with van der Waals surface area (Å²) in [6.07, 6.45) is 8.37. The maximum absolute atomic E-state index is 10.7. The fourth-order valence-corrected chi connectivity index (χ4v) is 2.50. The third-order valence-corrected chi connectivity index (χ3v) is 4.21. The van der Waals surface area contributed by atoms with Crippen LogP contribution in [0.5, 0.6) is 11.5 Å². The van der Waals surface area contributed by atoms with Crippen molar-refractivity contribution in [3.8, 4) is 11.5 Å². The maximum atomic E-state index is 10.7. The van der Waals surface area contributed by atoms with Gasteiger partial charge in [-0.05, 0) is 36.5 Å². The van der Waals surface area contributed by atoms with Crippen LogP contribution in [-0.4, -0.2) is 24.3 Å². The lowest BCUT2D eigenvalue weighted by Crippen LogP contribution is -2.10. The Labute approximate surface area is 146 Å². The van der Waals surface area contributed by atoms with Crippen LogP contribution < -0.4 is 9.47 Å². The van der Waals surface area contributed by atoms with Gasteiger partial charge in [-0.3, -0.25) is 0 Å². The van der Waals surface area contributed by atoms with Gasteiger partial charge in [0.2, 0.25) is 0 Å². The Hall–Kier alpha value is -1.71. The lowest BCUT2D eigenvalue weighted by Gasteiger charge is -2.15. The molecule has 0 aliphatic rings. The zero-order chi connectivity index (χ0) is 17.8. The molecule has 1 atom stereocenters. The van der Waals surface area contributed by atoms with E-state index < -0.39 is 5.97 Å². The van der Waals surface area contributed by atoms with E-state index in [0.29, 0.717) is 18.3 Å². The van der Waals surface area contributed by atoms with Crippen LogP contribution >= 0.6 is 0 Å². The Morgan fingerprint density at radius 1 is 1.00 bits per heavy atom. The fraction of sp³-hybridized carbons (Fsp3) is 0.650. The van der Waals surface area contributed by atoms with E-state index >= 15 is 0 Å². The van der Waals surface area contributed by atoms with Crippen molar-refractivity contribution in [2.24, 2.45) is 0 Å². The van der Waals surface area contributed by atoms with E-state index in [0.717, 1.165) is 24.2 Å². The van der Waals surface area contributed by atoms with Gasteiger partial charge in [0, 0.05) is 6.07 Å². The van der Waals surface area contributed by atoms with Gasteiger partial charge in [-0.1, -0.05) is 52.9 Å². The van der Waals surface area contributed by atoms with Crippen molar-refractivity contribution in [1.29, 1.82) is 0 Å². The molecule has 0 aromatic heterocycles. The van der Waals surface area contributed by atoms with Crippen molar-refractivity contribution >= 4 is 5.97 Å². The number of carboxylic acids is 1. The molecule has 0 heterocycles. The molecule has 0 spiro atoms. The normalized spacial score (nSPS) is 12.0. The molecular weight excluding hydrogens is 304 g/mol. The van der Waals surface area contributed by atoms with Gasteiger partial charge >= 0.3 is 5.97 Å². The summed E-state index contributed by atoms with van der Waals surface area (Å²) in [5, 5.41) is 8.77. The molecule has 0 radical (unpaired) electrons. The summed E-state index contributed by atoms with van der Waals surface area (Å²) in [4.78, 5) is 10.7. The largest absolute Gasteiger partial charge is 0.493 e. The second-order valence-corrected chi connectivity index (χ2v) is 6.35. The summed E-state index contributed by atoms with van der Waals surface area (Å²) in [6.45, 7) is 6.85. The average molecular weight is 336 g/mol. The predicted molar refractivity (Wildman–Crippen MR) is 97.1 cm³/mol. The molecule has 0 saturated heterocycles. The number of hydrogen-bond donors (Lipinski definition) is 1. The average Bonchev–Trinajstić information content (AvgIpc) is 2.58. The molecule has 4 nitrogen and oxygen atoms in total. The summed E-state index contributed by atoms with van der Waals surface area (Å²) in [5.41, 5.74) is 1.12. The molecule has 0 fully saturated rings. The molecule has 1 unspecified atom stereocenters. The molecule has 24 heavy (non-hydrogen) atoms. The maximum Gasteiger partial charge on any atom is 0.341 e. The molecule has 0 aliphatic carbocycles. The van der Waals surface area contributed by atoms with Crippen LogP contribution in [0.15, 0.2) is 18.2 Å². The van der Waals surface area contributed by atoms with Gasteiger partial charge in [0.1, 0.15) is 11.5 Å². The highest BCUT2D eigenvalue weighted by molar-refractivity contribution is 5.68. The highest BCUT2D eigenvalue weighted by Crippen LogP contribution is 2.29. The lowest BCUT2D eigenvalue weighted by atomic mass is 9.98. The van der Waals surface area contributed by atoms with Crippen LogP contribution in [0, 0.1) is 0 Å². The number of carbonyl (C=O) groups is 1. The first kappa shape index (κ1) is 20.3. The minimum atomic E-state index is -0.974. The fourth-order valence-electron chi connectivity index (χ4n) is 2.50. The van der Waals surface area contributed by atoms with Crippen molar-refractivity contribution in [3.63, 3.8) is 0 Å². The smallest absolute Gasteiger partial charge is 0.341 e. The van der Waals surface area contributed by atoms with Gasteiger partial charge in [-0.2, -0.15) is 0 Å². The van der Waals surface area contributed by atoms with E-state index in [9.17, 15) is 4.79 Å². The third kappa shape index (κ3) is 8.23. The highest BCUT2D eigenvalue weighted by Gasteiger charge is 2.09. The van der Waals surface area contributed by atoms with E-state index in [1.807, 2.05) is 12.1 Å². The van der Waals surface area contributed by atoms with Crippen LogP contribution in [0.2, 0.25) is 0 Å². The summed E-state index contributed by atoms with van der Waals surface area (Å²) >= 11 is 0. The Morgan fingerprint density at radius 2 is 1.62 bits per heavy atom. The van der Waals surface area contributed by atoms with Crippen molar-refractivity contribution in [1.82, 2.24) is 0 Å². The van der Waals surface area contributed by atoms with Gasteiger partial charge in [0.25, 0.3) is 0 Å². The summed E-state index contributed by atoms with van der Waals surface area (Å²) in [6, 6.07) is 5.74. The first-order valence-corrected chi connectivity index (χ1v) is 9.19. The SMILES string of the molecule is CCCCCCCCOc1cc(OCC(=O)O)cc(C(C)CC)c1. The number of hydrogen-bond acceptors (Lipinski definition) is 3. The first-order valence-electron chi connectivity index (χ1n) is 9.19. The molecule has 0 aliphatic heterocycles. The van der Waals surface area contributed by atoms with Crippen molar-refractivity contribution < 1.29 is 19.4 Å². The van der Waals surface area contributed by atoms with E-state index in [1.54, 1.807) is 6.07 Å². The standard InChI is InChI=1S/C20H32O4/c1-4-6-7-8-9-10-11-23-18-12-17(16(3)5-2)13-19(14-18)24-15-20(21)22/h12-14,16H,4-11,15H2,1-3H3,(H,21,22). The van der Waals surface area contributed by atoms with Crippen LogP contribution in [0.25, 0.3) is 0 Å². The molecule has 1 aromatic carbocycles. The number of rotatable bonds is 13. The molecule has 0 bridgehead atoms. The molecule has 0 amide bonds. The molecule has 1 N–H and O–H groups in total. The van der Waals surface area contributed by atoms with E-state index in [2.05, 4.69) is 20.8 Å². The van der Waals surface area contributed by atoms with Gasteiger partial charge in [-0.15, -0.1) is 0 Å². The summed E-state index contributed by atoms with van der Waals surface area (Å²) in [5.74, 6) is 0.739. The van der Waals surface area contributed by atoms with E-state index in [4.69, 9.17) is 14.6 Å². The highest BCUT2D eigenvalue weighted by atomic mass is 16.5. The second kappa shape index (κ2) is 11.8. The first-order chi connectivity index (χ1) is 11.6. The monoisotopic (exact) mass is 336 g/mol. The molecule has 4 heteroatoms. The topological polar surface area (TPSA) is 55.8 Å². The number of benzene rings is 1. The van der Waals surface area contributed by atoms with Gasteiger partial charge in [-0.25, -0.2) is 4.79 Å². The van der Waals surface area contributed by atoms with E-state index in [-0.39, 0.29) is 6.61 Å². The Balaban J connectivity index is 2.57. The molecule has 136 valence electrons. The summed E-state index contributed by atoms with van der Waals surface area (Å²) < 4.78 is 11.2. The number of carboxylic acid groups (broad SMARTS) is 1. The molecule has 1 rings (SSSR count). The Kier molecular flexibility index (Phi) is 9.97. The van der Waals surface area contributed by atoms with Gasteiger partial charge in [0.15, 0.2) is 6.61 Å². The minimum absolute atomic E-state index is 0.333. The van der Waals surface area contributed by atoms with Crippen LogP contribution in [0.3, 0.4) is 0 Å². The van der Waals surface area contributed by atoms with Crippen LogP contribution in [0.4, 0.5) is 0 Å². The Morgan fingerprint density at radius 3 is 2.25 bits per heavy atom. The van der Waals surface area contributed by atoms with Gasteiger partial charge < -0.3 is 14.6 Å². The van der Waals surface area contributed by atoms with Crippen molar-refractivity contribution in [2.75, 3.05) is 13.2 Å². The number of aliphatic carboxylic acids is 1. The summed E-state index contributed by atoms with van der Waals surface area (Å²) in [7, 11) is 0. The van der Waals surface area contributed by atoms with Crippen molar-refractivity contribution in [3.05, 3.63) is 23.8 Å². The second-order valence-electron chi connectivity index (χ2n) is 6.35. The Bertz CT molecular complexity index is 485. The van der Waals surface area contributed by atoms with Crippen LogP contribution in [0.1, 0.15) is 77.2 Å². The van der Waals surface area contributed by atoms with Crippen LogP contribution in [-0.2, 0) is 4.79 Å². The quantitative estimate of drug-likeness (QED) is 0.490. The molecule has 0 saturated carbocycles. The van der Waals surface area contributed by atoms with Crippen molar-refractivity contribution in [2.45, 2.75) is 71.6 Å².